The van der Waals surface area contributed by atoms with Crippen LogP contribution in [0.15, 0.2) is 24.3 Å². The number of hydrogen-bond donors (Lipinski definition) is 0. The van der Waals surface area contributed by atoms with E-state index in [1.807, 2.05) is 12.1 Å². The van der Waals surface area contributed by atoms with Gasteiger partial charge in [-0.1, -0.05) is 26.7 Å². The van der Waals surface area contributed by atoms with Crippen molar-refractivity contribution in [3.8, 4) is 5.75 Å². The van der Waals surface area contributed by atoms with E-state index >= 15 is 0 Å². The molecule has 0 aliphatic rings. The van der Waals surface area contributed by atoms with Crippen LogP contribution in [0.5, 0.6) is 5.75 Å². The third-order valence-electron chi connectivity index (χ3n) is 3.81. The molecular formula is C19H31NO2. The Morgan fingerprint density at radius 1 is 0.909 bits per heavy atom. The summed E-state index contributed by atoms with van der Waals surface area (Å²) in [4.78, 5) is 13.2. The van der Waals surface area contributed by atoms with Gasteiger partial charge in [-0.15, -0.1) is 0 Å². The van der Waals surface area contributed by atoms with Gasteiger partial charge in [0.05, 0.1) is 6.61 Å². The Morgan fingerprint density at radius 2 is 1.50 bits per heavy atom. The molecular weight excluding hydrogens is 274 g/mol. The summed E-state index contributed by atoms with van der Waals surface area (Å²) in [5.74, 6) is 0.847. The summed E-state index contributed by atoms with van der Waals surface area (Å²) in [7, 11) is 0. The second kappa shape index (κ2) is 12.2. The van der Waals surface area contributed by atoms with Crippen molar-refractivity contribution in [3.63, 3.8) is 0 Å². The average Bonchev–Trinajstić information content (AvgIpc) is 2.56. The highest BCUT2D eigenvalue weighted by atomic mass is 16.5. The molecule has 0 amide bonds. The second-order valence-corrected chi connectivity index (χ2v) is 5.79. The summed E-state index contributed by atoms with van der Waals surface area (Å²) in [5.41, 5.74) is 0.690. The maximum Gasteiger partial charge on any atom is 0.150 e. The van der Waals surface area contributed by atoms with Crippen LogP contribution >= 0.6 is 0 Å². The Hall–Kier alpha value is -1.35. The van der Waals surface area contributed by atoms with E-state index in [2.05, 4.69) is 18.7 Å². The number of benzene rings is 1. The van der Waals surface area contributed by atoms with Crippen LogP contribution in [0.25, 0.3) is 0 Å². The van der Waals surface area contributed by atoms with Gasteiger partial charge in [-0.25, -0.2) is 0 Å². The number of carbonyl (C=O) groups excluding carboxylic acids is 1. The number of unbranched alkanes of at least 4 members (excludes halogenated alkanes) is 3. The van der Waals surface area contributed by atoms with Crippen LogP contribution in [-0.4, -0.2) is 37.4 Å². The molecule has 3 nitrogen and oxygen atoms in total. The average molecular weight is 305 g/mol. The van der Waals surface area contributed by atoms with Crippen LogP contribution in [0.2, 0.25) is 0 Å². The lowest BCUT2D eigenvalue weighted by molar-refractivity contribution is 0.112. The fourth-order valence-corrected chi connectivity index (χ4v) is 2.37. The zero-order valence-corrected chi connectivity index (χ0v) is 14.2. The molecule has 0 aliphatic heterocycles. The van der Waals surface area contributed by atoms with E-state index in [0.717, 1.165) is 25.1 Å². The summed E-state index contributed by atoms with van der Waals surface area (Å²) in [5, 5.41) is 0. The molecule has 0 saturated carbocycles. The van der Waals surface area contributed by atoms with Gasteiger partial charge in [0.2, 0.25) is 0 Å². The van der Waals surface area contributed by atoms with E-state index < -0.39 is 0 Å². The first-order valence-electron chi connectivity index (χ1n) is 8.70. The van der Waals surface area contributed by atoms with E-state index in [1.165, 1.54) is 51.7 Å². The largest absolute Gasteiger partial charge is 0.494 e. The fraction of sp³-hybridized carbons (Fsp3) is 0.632. The normalized spacial score (nSPS) is 10.9. The highest BCUT2D eigenvalue weighted by Crippen LogP contribution is 2.11. The predicted octanol–water partition coefficient (Wildman–Crippen LogP) is 4.56. The topological polar surface area (TPSA) is 29.5 Å². The number of carbonyl (C=O) groups is 1. The monoisotopic (exact) mass is 305 g/mol. The Labute approximate surface area is 135 Å². The fourth-order valence-electron chi connectivity index (χ4n) is 2.37. The standard InChI is InChI=1S/C19H31NO2/c1-3-5-13-20(14-6-4-2)15-7-8-16-22-19-11-9-18(17-21)10-12-19/h9-12,17H,3-8,13-16H2,1-2H3. The Bertz CT molecular complexity index is 381. The van der Waals surface area contributed by atoms with Gasteiger partial charge in [0.15, 0.2) is 0 Å². The van der Waals surface area contributed by atoms with Crippen LogP contribution in [0.1, 0.15) is 62.7 Å². The predicted molar refractivity (Wildman–Crippen MR) is 92.8 cm³/mol. The van der Waals surface area contributed by atoms with Gasteiger partial charge < -0.3 is 9.64 Å². The molecule has 0 bridgehead atoms. The summed E-state index contributed by atoms with van der Waals surface area (Å²) in [6.45, 7) is 8.88. The van der Waals surface area contributed by atoms with Gasteiger partial charge in [0.25, 0.3) is 0 Å². The molecule has 0 aliphatic carbocycles. The highest BCUT2D eigenvalue weighted by molar-refractivity contribution is 5.74. The quantitative estimate of drug-likeness (QED) is 0.395. The van der Waals surface area contributed by atoms with E-state index in [1.54, 1.807) is 12.1 Å². The smallest absolute Gasteiger partial charge is 0.150 e. The lowest BCUT2D eigenvalue weighted by Gasteiger charge is -2.21. The molecule has 0 unspecified atom stereocenters. The molecule has 0 aromatic heterocycles. The molecule has 0 heterocycles. The summed E-state index contributed by atoms with van der Waals surface area (Å²) in [6, 6.07) is 7.30. The number of rotatable bonds is 13. The number of hydrogen-bond acceptors (Lipinski definition) is 3. The summed E-state index contributed by atoms with van der Waals surface area (Å²) < 4.78 is 5.72. The lowest BCUT2D eigenvalue weighted by atomic mass is 10.2. The molecule has 22 heavy (non-hydrogen) atoms. The van der Waals surface area contributed by atoms with Gasteiger partial charge in [-0.2, -0.15) is 0 Å². The molecule has 0 fully saturated rings. The number of nitrogens with zero attached hydrogens (tertiary/aromatic N) is 1. The van der Waals surface area contributed by atoms with Crippen LogP contribution in [0.3, 0.4) is 0 Å². The van der Waals surface area contributed by atoms with Gasteiger partial charge in [-0.05, 0) is 69.6 Å². The van der Waals surface area contributed by atoms with E-state index in [-0.39, 0.29) is 0 Å². The molecule has 124 valence electrons. The molecule has 0 saturated heterocycles. The molecule has 3 heteroatoms. The van der Waals surface area contributed by atoms with Crippen molar-refractivity contribution in [2.45, 2.75) is 52.4 Å². The van der Waals surface area contributed by atoms with Gasteiger partial charge in [0, 0.05) is 5.56 Å². The van der Waals surface area contributed by atoms with Crippen molar-refractivity contribution in [3.05, 3.63) is 29.8 Å². The first-order valence-corrected chi connectivity index (χ1v) is 8.70. The number of ether oxygens (including phenoxy) is 1. The first-order chi connectivity index (χ1) is 10.8. The molecule has 0 N–H and O–H groups in total. The third-order valence-corrected chi connectivity index (χ3v) is 3.81. The number of aldehydes is 1. The molecule has 1 aromatic rings. The maximum atomic E-state index is 10.6. The van der Waals surface area contributed by atoms with Crippen LogP contribution < -0.4 is 4.74 Å². The third kappa shape index (κ3) is 8.18. The van der Waals surface area contributed by atoms with Crippen LogP contribution in [-0.2, 0) is 0 Å². The van der Waals surface area contributed by atoms with Gasteiger partial charge in [-0.3, -0.25) is 4.79 Å². The minimum atomic E-state index is 0.690. The maximum absolute atomic E-state index is 10.6. The second-order valence-electron chi connectivity index (χ2n) is 5.79. The van der Waals surface area contributed by atoms with Crippen LogP contribution in [0.4, 0.5) is 0 Å². The SMILES string of the molecule is CCCCN(CCCC)CCCCOc1ccc(C=O)cc1. The summed E-state index contributed by atoms with van der Waals surface area (Å²) in [6.07, 6.45) is 8.23. The van der Waals surface area contributed by atoms with Crippen molar-refractivity contribution >= 4 is 6.29 Å². The minimum absolute atomic E-state index is 0.690. The van der Waals surface area contributed by atoms with E-state index in [4.69, 9.17) is 4.74 Å². The molecule has 0 radical (unpaired) electrons. The summed E-state index contributed by atoms with van der Waals surface area (Å²) >= 11 is 0. The Morgan fingerprint density at radius 3 is 2.05 bits per heavy atom. The van der Waals surface area contributed by atoms with Crippen molar-refractivity contribution in [2.75, 3.05) is 26.2 Å². The van der Waals surface area contributed by atoms with Crippen molar-refractivity contribution in [1.29, 1.82) is 0 Å². The molecule has 1 rings (SSSR count). The molecule has 0 spiro atoms. The molecule has 1 aromatic carbocycles. The van der Waals surface area contributed by atoms with Gasteiger partial charge in [0.1, 0.15) is 12.0 Å². The molecule has 0 atom stereocenters. The van der Waals surface area contributed by atoms with Crippen molar-refractivity contribution in [1.82, 2.24) is 4.90 Å². The zero-order valence-electron chi connectivity index (χ0n) is 14.2. The zero-order chi connectivity index (χ0) is 16.0. The highest BCUT2D eigenvalue weighted by Gasteiger charge is 2.03. The minimum Gasteiger partial charge on any atom is -0.494 e. The lowest BCUT2D eigenvalue weighted by Crippen LogP contribution is -2.27. The Kier molecular flexibility index (Phi) is 10.4. The van der Waals surface area contributed by atoms with Gasteiger partial charge >= 0.3 is 0 Å². The van der Waals surface area contributed by atoms with E-state index in [0.29, 0.717) is 5.56 Å². The van der Waals surface area contributed by atoms with Crippen molar-refractivity contribution in [2.24, 2.45) is 0 Å². The van der Waals surface area contributed by atoms with E-state index in [9.17, 15) is 4.79 Å². The first kappa shape index (κ1) is 18.7. The van der Waals surface area contributed by atoms with Crippen molar-refractivity contribution < 1.29 is 9.53 Å². The van der Waals surface area contributed by atoms with Crippen LogP contribution in [0, 0.1) is 0 Å². The Balaban J connectivity index is 2.16.